The Labute approximate surface area is 63.4 Å². The molecule has 2 atom stereocenters. The molecule has 1 aliphatic carbocycles. The molecule has 10 heavy (non-hydrogen) atoms. The summed E-state index contributed by atoms with van der Waals surface area (Å²) in [6.07, 6.45) is 4.52. The summed E-state index contributed by atoms with van der Waals surface area (Å²) >= 11 is 0. The fourth-order valence-corrected chi connectivity index (χ4v) is 1.72. The Balaban J connectivity index is 2.21. The molecule has 0 amide bonds. The van der Waals surface area contributed by atoms with E-state index in [1.54, 1.807) is 0 Å². The van der Waals surface area contributed by atoms with E-state index in [2.05, 4.69) is 5.11 Å². The number of rotatable bonds is 3. The van der Waals surface area contributed by atoms with Crippen LogP contribution in [0.25, 0.3) is 0 Å². The van der Waals surface area contributed by atoms with Gasteiger partial charge in [-0.15, -0.1) is 0 Å². The molecule has 2 N–H and O–H groups in total. The first-order chi connectivity index (χ1) is 5.36. The highest BCUT2D eigenvalue weighted by molar-refractivity contribution is 4.71. The Kier molecular flexibility index (Phi) is 2.61. The van der Waals surface area contributed by atoms with Crippen molar-refractivity contribution in [1.82, 2.24) is 0 Å². The third-order valence-corrected chi connectivity index (χ3v) is 2.39. The molecule has 0 heterocycles. The van der Waals surface area contributed by atoms with E-state index in [1.807, 2.05) is 0 Å². The van der Waals surface area contributed by atoms with Gasteiger partial charge in [-0.1, -0.05) is 6.42 Å². The molecule has 1 aliphatic rings. The fourth-order valence-electron chi connectivity index (χ4n) is 1.72. The summed E-state index contributed by atoms with van der Waals surface area (Å²) < 4.78 is 6.60. The van der Waals surface area contributed by atoms with E-state index in [4.69, 9.17) is 6.54 Å². The molecule has 1 fully saturated rings. The number of hydrogen-bond donors (Lipinski definition) is 2. The molecule has 0 aromatic carbocycles. The zero-order valence-corrected chi connectivity index (χ0v) is 6.25. The van der Waals surface area contributed by atoms with E-state index in [9.17, 15) is 0 Å². The van der Waals surface area contributed by atoms with Crippen LogP contribution >= 0.6 is 0 Å². The molecule has 2 heteroatoms. The van der Waals surface area contributed by atoms with Crippen LogP contribution in [0.15, 0.2) is 0 Å². The SMILES string of the molecule is [3H]OC[C@@H]1CCC[C@H](CO)C1. The van der Waals surface area contributed by atoms with Gasteiger partial charge in [0.25, 0.3) is 0 Å². The normalized spacial score (nSPS) is 35.5. The summed E-state index contributed by atoms with van der Waals surface area (Å²) in [6.45, 7) is 0.838. The summed E-state index contributed by atoms with van der Waals surface area (Å²) in [5, 5.41) is 13.2. The molecule has 2 nitrogen and oxygen atoms in total. The molecule has 0 radical (unpaired) electrons. The van der Waals surface area contributed by atoms with Gasteiger partial charge in [-0.25, -0.2) is 0 Å². The van der Waals surface area contributed by atoms with Gasteiger partial charge >= 0.3 is 0 Å². The molecule has 1 saturated carbocycles. The maximum absolute atomic E-state index is 8.89. The van der Waals surface area contributed by atoms with E-state index in [-0.39, 0.29) is 0 Å². The zero-order chi connectivity index (χ0) is 8.10. The number of hydrogen-bond acceptors (Lipinski definition) is 2. The van der Waals surface area contributed by atoms with Gasteiger partial charge in [-0.2, -0.15) is 0 Å². The number of aliphatic hydroxyl groups is 2. The molecule has 60 valence electrons. The average Bonchev–Trinajstić information content (AvgIpc) is 2.06. The van der Waals surface area contributed by atoms with Gasteiger partial charge in [0.2, 0.25) is 1.43 Å². The molecular weight excluding hydrogens is 128 g/mol. The molecular formula is C8H16O2. The molecule has 0 aliphatic heterocycles. The summed E-state index contributed by atoms with van der Waals surface area (Å²) in [5.74, 6) is 0.974. The quantitative estimate of drug-likeness (QED) is 0.617. The molecule has 0 bridgehead atoms. The van der Waals surface area contributed by atoms with Gasteiger partial charge < -0.3 is 10.2 Å². The van der Waals surface area contributed by atoms with Gasteiger partial charge in [-0.3, -0.25) is 0 Å². The minimum atomic E-state index is 0.300. The second-order valence-electron chi connectivity index (χ2n) is 3.25. The van der Waals surface area contributed by atoms with Gasteiger partial charge in [0.1, 0.15) is 0 Å². The first-order valence-electron chi connectivity index (χ1n) is 4.46. The van der Waals surface area contributed by atoms with Crippen molar-refractivity contribution in [3.63, 3.8) is 0 Å². The highest BCUT2D eigenvalue weighted by Crippen LogP contribution is 2.27. The summed E-state index contributed by atoms with van der Waals surface area (Å²) in [7, 11) is 0. The minimum absolute atomic E-state index is 0.300. The predicted octanol–water partition coefficient (Wildman–Crippen LogP) is 0.777. The molecule has 0 saturated heterocycles. The van der Waals surface area contributed by atoms with E-state index in [0.717, 1.165) is 19.3 Å². The Morgan fingerprint density at radius 2 is 2.00 bits per heavy atom. The highest BCUT2D eigenvalue weighted by atomic mass is 16.3. The Hall–Kier alpha value is -0.0800. The minimum Gasteiger partial charge on any atom is -0.396 e. The van der Waals surface area contributed by atoms with Crippen molar-refractivity contribution in [2.45, 2.75) is 25.7 Å². The third-order valence-electron chi connectivity index (χ3n) is 2.39. The smallest absolute Gasteiger partial charge is 0.210 e. The van der Waals surface area contributed by atoms with E-state index in [1.165, 1.54) is 6.42 Å². The van der Waals surface area contributed by atoms with Gasteiger partial charge in [0, 0.05) is 13.2 Å². The van der Waals surface area contributed by atoms with E-state index < -0.39 is 0 Å². The molecule has 0 aromatic heterocycles. The van der Waals surface area contributed by atoms with Crippen LogP contribution in [0.2, 0.25) is 0 Å². The van der Waals surface area contributed by atoms with Crippen LogP contribution in [-0.4, -0.2) is 24.9 Å². The first-order valence-corrected chi connectivity index (χ1v) is 4.05. The largest absolute Gasteiger partial charge is 0.396 e. The second-order valence-corrected chi connectivity index (χ2v) is 3.25. The maximum Gasteiger partial charge on any atom is 0.210 e. The van der Waals surface area contributed by atoms with Crippen LogP contribution in [0, 0.1) is 11.8 Å². The van der Waals surface area contributed by atoms with Crippen molar-refractivity contribution in [3.8, 4) is 0 Å². The van der Waals surface area contributed by atoms with Crippen LogP contribution in [0.4, 0.5) is 0 Å². The van der Waals surface area contributed by atoms with Crippen molar-refractivity contribution >= 4 is 0 Å². The lowest BCUT2D eigenvalue weighted by Gasteiger charge is -2.26. The Morgan fingerprint density at radius 1 is 1.30 bits per heavy atom. The third kappa shape index (κ3) is 1.96. The monoisotopic (exact) mass is 146 g/mol. The van der Waals surface area contributed by atoms with Gasteiger partial charge in [0.15, 0.2) is 0 Å². The Bertz CT molecular complexity index is 106. The average molecular weight is 146 g/mol. The van der Waals surface area contributed by atoms with Crippen LogP contribution in [0.1, 0.15) is 25.7 Å². The molecule has 0 unspecified atom stereocenters. The predicted molar refractivity (Wildman–Crippen MR) is 39.6 cm³/mol. The lowest BCUT2D eigenvalue weighted by atomic mass is 9.82. The maximum atomic E-state index is 8.89. The van der Waals surface area contributed by atoms with Crippen molar-refractivity contribution in [2.24, 2.45) is 11.8 Å². The van der Waals surface area contributed by atoms with Crippen molar-refractivity contribution < 1.29 is 10.2 Å². The standard InChI is InChI=1S/C8H16O2/c9-5-7-2-1-3-8(4-7)6-10/h7-10H,1-6H2/t7-,8+/i9T/m1/s1. The molecule has 1 rings (SSSR count). The zero-order valence-electron chi connectivity index (χ0n) is 7.25. The van der Waals surface area contributed by atoms with Crippen molar-refractivity contribution in [3.05, 3.63) is 0 Å². The van der Waals surface area contributed by atoms with Crippen LogP contribution in [0.3, 0.4) is 0 Å². The van der Waals surface area contributed by atoms with Gasteiger partial charge in [0.05, 0.1) is 0 Å². The number of aliphatic hydroxyl groups excluding tert-OH is 2. The first kappa shape index (κ1) is 6.62. The van der Waals surface area contributed by atoms with E-state index in [0.29, 0.717) is 25.0 Å². The van der Waals surface area contributed by atoms with Crippen LogP contribution in [-0.2, 0) is 0 Å². The van der Waals surface area contributed by atoms with Crippen molar-refractivity contribution in [2.75, 3.05) is 13.2 Å². The topological polar surface area (TPSA) is 40.5 Å². The second kappa shape index (κ2) is 3.94. The summed E-state index contributed by atoms with van der Waals surface area (Å²) in [4.78, 5) is 0. The Morgan fingerprint density at radius 3 is 2.60 bits per heavy atom. The molecule has 0 aromatic rings. The highest BCUT2D eigenvalue weighted by Gasteiger charge is 2.20. The van der Waals surface area contributed by atoms with Crippen LogP contribution < -0.4 is 0 Å². The summed E-state index contributed by atoms with van der Waals surface area (Å²) in [5.41, 5.74) is 0. The summed E-state index contributed by atoms with van der Waals surface area (Å²) in [6, 6.07) is 0. The fraction of sp³-hybridized carbons (Fsp3) is 1.00. The lowest BCUT2D eigenvalue weighted by Crippen LogP contribution is -2.20. The molecule has 0 spiro atoms. The van der Waals surface area contributed by atoms with Crippen molar-refractivity contribution in [1.29, 1.82) is 1.43 Å². The van der Waals surface area contributed by atoms with E-state index >= 15 is 0 Å². The van der Waals surface area contributed by atoms with Gasteiger partial charge in [-0.05, 0) is 31.1 Å². The lowest BCUT2D eigenvalue weighted by molar-refractivity contribution is 0.121. The van der Waals surface area contributed by atoms with Crippen LogP contribution in [0.5, 0.6) is 0 Å².